The fourth-order valence-corrected chi connectivity index (χ4v) is 1.36. The van der Waals surface area contributed by atoms with E-state index in [4.69, 9.17) is 10.8 Å². The number of carboxylic acids is 1. The zero-order chi connectivity index (χ0) is 10.6. The summed E-state index contributed by atoms with van der Waals surface area (Å²) in [4.78, 5) is 12.3. The summed E-state index contributed by atoms with van der Waals surface area (Å²) in [5.41, 5.74) is 5.41. The highest BCUT2D eigenvalue weighted by molar-refractivity contribution is 7.78. The molecular formula is C8H12N3O2S. The van der Waals surface area contributed by atoms with E-state index in [1.54, 1.807) is 17.3 Å². The number of nitrogens with two attached hydrogens (primary N) is 1. The van der Waals surface area contributed by atoms with E-state index in [1.807, 2.05) is 0 Å². The zero-order valence-corrected chi connectivity index (χ0v) is 8.33. The molecule has 0 bridgehead atoms. The molecule has 0 aromatic heterocycles. The van der Waals surface area contributed by atoms with Crippen molar-refractivity contribution in [1.82, 2.24) is 10.2 Å². The minimum Gasteiger partial charge on any atom is -0.480 e. The Morgan fingerprint density at radius 2 is 2.57 bits per heavy atom. The van der Waals surface area contributed by atoms with Gasteiger partial charge in [-0.15, -0.1) is 0 Å². The van der Waals surface area contributed by atoms with Gasteiger partial charge < -0.3 is 21.1 Å². The molecule has 0 spiro atoms. The Morgan fingerprint density at radius 1 is 1.86 bits per heavy atom. The molecule has 5 nitrogen and oxygen atoms in total. The maximum Gasteiger partial charge on any atom is 0.322 e. The summed E-state index contributed by atoms with van der Waals surface area (Å²) in [6.45, 7) is 0.264. The maximum absolute atomic E-state index is 10.5. The Bertz CT molecular complexity index is 257. The van der Waals surface area contributed by atoms with Crippen molar-refractivity contribution in [2.75, 3.05) is 6.54 Å². The van der Waals surface area contributed by atoms with Gasteiger partial charge in [0, 0.05) is 30.7 Å². The summed E-state index contributed by atoms with van der Waals surface area (Å²) in [5, 5.41) is 14.2. The molecule has 0 saturated heterocycles. The molecule has 1 aliphatic heterocycles. The van der Waals surface area contributed by atoms with Crippen LogP contribution in [0.5, 0.6) is 0 Å². The number of thiocarbonyl (C=S) groups is 1. The summed E-state index contributed by atoms with van der Waals surface area (Å²) < 4.78 is 0. The van der Waals surface area contributed by atoms with Crippen molar-refractivity contribution >= 4 is 23.6 Å². The standard InChI is InChI=1S/C8H12N3O2S/c9-6(8(12)13)5-11-3-2-10-7(11)1-4-14/h2-3,6-7,10H,1,5,9H2,(H,12,13). The number of rotatable bonds is 5. The highest BCUT2D eigenvalue weighted by atomic mass is 32.1. The minimum atomic E-state index is -1.00. The number of carboxylic acid groups (broad SMARTS) is 1. The third-order valence-electron chi connectivity index (χ3n) is 1.96. The molecule has 0 aromatic rings. The average Bonchev–Trinajstić information content (AvgIpc) is 2.53. The lowest BCUT2D eigenvalue weighted by Crippen LogP contribution is -2.45. The minimum absolute atomic E-state index is 0.0158. The molecule has 1 radical (unpaired) electrons. The Kier molecular flexibility index (Phi) is 3.84. The van der Waals surface area contributed by atoms with Gasteiger partial charge in [-0.05, 0) is 0 Å². The molecule has 0 aromatic carbocycles. The summed E-state index contributed by atoms with van der Waals surface area (Å²) in [6.07, 6.45) is 4.04. The molecule has 2 unspecified atom stereocenters. The number of hydrogen-bond acceptors (Lipinski definition) is 5. The van der Waals surface area contributed by atoms with Gasteiger partial charge in [-0.1, -0.05) is 12.2 Å². The summed E-state index contributed by atoms with van der Waals surface area (Å²) in [6, 6.07) is -0.882. The molecule has 14 heavy (non-hydrogen) atoms. The van der Waals surface area contributed by atoms with Gasteiger partial charge in [-0.25, -0.2) is 0 Å². The molecule has 0 amide bonds. The smallest absolute Gasteiger partial charge is 0.322 e. The highest BCUT2D eigenvalue weighted by Crippen LogP contribution is 2.07. The van der Waals surface area contributed by atoms with E-state index in [9.17, 15) is 4.79 Å². The SMILES string of the molecule is NC(CN1C=CNC1C[C]=S)C(=O)O. The molecule has 1 rings (SSSR count). The van der Waals surface area contributed by atoms with Crippen LogP contribution in [0.25, 0.3) is 0 Å². The van der Waals surface area contributed by atoms with Crippen molar-refractivity contribution in [1.29, 1.82) is 0 Å². The van der Waals surface area contributed by atoms with Gasteiger partial charge in [0.2, 0.25) is 0 Å². The third kappa shape index (κ3) is 2.68. The zero-order valence-electron chi connectivity index (χ0n) is 7.51. The van der Waals surface area contributed by atoms with Crippen LogP contribution in [0.4, 0.5) is 0 Å². The molecule has 0 saturated carbocycles. The lowest BCUT2D eigenvalue weighted by Gasteiger charge is -2.25. The Morgan fingerprint density at radius 3 is 3.14 bits per heavy atom. The average molecular weight is 214 g/mol. The first-order valence-corrected chi connectivity index (χ1v) is 4.58. The van der Waals surface area contributed by atoms with Gasteiger partial charge in [0.25, 0.3) is 0 Å². The predicted octanol–water partition coefficient (Wildman–Crippen LogP) is -0.632. The van der Waals surface area contributed by atoms with Crippen molar-refractivity contribution in [3.05, 3.63) is 12.4 Å². The molecule has 2 atom stereocenters. The fraction of sp³-hybridized carbons (Fsp3) is 0.500. The lowest BCUT2D eigenvalue weighted by atomic mass is 10.2. The van der Waals surface area contributed by atoms with Gasteiger partial charge in [0.1, 0.15) is 12.2 Å². The second kappa shape index (κ2) is 4.92. The van der Waals surface area contributed by atoms with Crippen LogP contribution < -0.4 is 11.1 Å². The van der Waals surface area contributed by atoms with E-state index in [0.29, 0.717) is 6.42 Å². The number of carbonyl (C=O) groups is 1. The number of nitrogens with one attached hydrogen (secondary N) is 1. The van der Waals surface area contributed by atoms with Crippen LogP contribution in [-0.2, 0) is 4.79 Å². The van der Waals surface area contributed by atoms with Crippen molar-refractivity contribution in [3.8, 4) is 0 Å². The summed E-state index contributed by atoms with van der Waals surface area (Å²) in [7, 11) is 0. The van der Waals surface area contributed by atoms with Gasteiger partial charge >= 0.3 is 5.97 Å². The number of hydrogen-bond donors (Lipinski definition) is 3. The van der Waals surface area contributed by atoms with Crippen LogP contribution in [-0.4, -0.2) is 40.1 Å². The second-order valence-corrected chi connectivity index (χ2v) is 3.28. The second-order valence-electron chi connectivity index (χ2n) is 2.99. The largest absolute Gasteiger partial charge is 0.480 e. The van der Waals surface area contributed by atoms with Gasteiger partial charge in [0.05, 0.1) is 0 Å². The van der Waals surface area contributed by atoms with Crippen LogP contribution in [0.15, 0.2) is 12.4 Å². The number of aliphatic carboxylic acids is 1. The highest BCUT2D eigenvalue weighted by Gasteiger charge is 2.22. The molecule has 1 heterocycles. The third-order valence-corrected chi connectivity index (χ3v) is 2.12. The van der Waals surface area contributed by atoms with Crippen LogP contribution in [0, 0.1) is 0 Å². The first-order chi connectivity index (χ1) is 6.65. The predicted molar refractivity (Wildman–Crippen MR) is 55.6 cm³/mol. The summed E-state index contributed by atoms with van der Waals surface area (Å²) in [5.74, 6) is -1.00. The molecule has 0 aliphatic carbocycles. The Hall–Kier alpha value is -1.14. The first-order valence-electron chi connectivity index (χ1n) is 4.17. The van der Waals surface area contributed by atoms with E-state index < -0.39 is 12.0 Å². The van der Waals surface area contributed by atoms with Gasteiger partial charge in [-0.2, -0.15) is 0 Å². The topological polar surface area (TPSA) is 78.6 Å². The molecule has 1 aliphatic rings. The van der Waals surface area contributed by atoms with Gasteiger partial charge in [0.15, 0.2) is 0 Å². The van der Waals surface area contributed by atoms with E-state index in [2.05, 4.69) is 22.9 Å². The normalized spacial score (nSPS) is 21.8. The van der Waals surface area contributed by atoms with Crippen LogP contribution in [0.1, 0.15) is 6.42 Å². The van der Waals surface area contributed by atoms with Crippen LogP contribution >= 0.6 is 12.2 Å². The van der Waals surface area contributed by atoms with Crippen molar-refractivity contribution in [2.45, 2.75) is 18.6 Å². The van der Waals surface area contributed by atoms with E-state index >= 15 is 0 Å². The molecule has 4 N–H and O–H groups in total. The Labute approximate surface area is 87.6 Å². The maximum atomic E-state index is 10.5. The van der Waals surface area contributed by atoms with Crippen molar-refractivity contribution in [2.24, 2.45) is 5.73 Å². The number of nitrogens with zero attached hydrogens (tertiary/aromatic N) is 1. The van der Waals surface area contributed by atoms with Crippen molar-refractivity contribution in [3.63, 3.8) is 0 Å². The quantitative estimate of drug-likeness (QED) is 0.529. The fourth-order valence-electron chi connectivity index (χ4n) is 1.20. The summed E-state index contributed by atoms with van der Waals surface area (Å²) >= 11 is 4.61. The molecule has 0 fully saturated rings. The Balaban J connectivity index is 2.46. The van der Waals surface area contributed by atoms with Crippen LogP contribution in [0.3, 0.4) is 0 Å². The lowest BCUT2D eigenvalue weighted by molar-refractivity contribution is -0.138. The molecule has 6 heteroatoms. The van der Waals surface area contributed by atoms with E-state index in [-0.39, 0.29) is 12.7 Å². The monoisotopic (exact) mass is 214 g/mol. The van der Waals surface area contributed by atoms with Gasteiger partial charge in [-0.3, -0.25) is 4.79 Å². The molecule has 77 valence electrons. The molecular weight excluding hydrogens is 202 g/mol. The first kappa shape index (κ1) is 10.9. The van der Waals surface area contributed by atoms with Crippen LogP contribution in [0.2, 0.25) is 0 Å². The van der Waals surface area contributed by atoms with Crippen molar-refractivity contribution < 1.29 is 9.90 Å². The van der Waals surface area contributed by atoms with E-state index in [1.165, 1.54) is 0 Å². The van der Waals surface area contributed by atoms with E-state index in [0.717, 1.165) is 0 Å².